The van der Waals surface area contributed by atoms with E-state index in [9.17, 15) is 4.79 Å². The number of nitrogens with zero attached hydrogens (tertiary/aromatic N) is 4. The van der Waals surface area contributed by atoms with E-state index in [0.29, 0.717) is 16.7 Å². The van der Waals surface area contributed by atoms with Gasteiger partial charge in [0.05, 0.1) is 33.0 Å². The molecule has 0 saturated heterocycles. The molecule has 0 aliphatic rings. The first kappa shape index (κ1) is 20.1. The van der Waals surface area contributed by atoms with Gasteiger partial charge in [-0.3, -0.25) is 9.36 Å². The van der Waals surface area contributed by atoms with Gasteiger partial charge < -0.3 is 4.57 Å². The number of fused-ring (bicyclic) bond motifs is 7. The van der Waals surface area contributed by atoms with Crippen molar-refractivity contribution in [2.45, 2.75) is 0 Å². The minimum absolute atomic E-state index is 0.0580. The van der Waals surface area contributed by atoms with E-state index >= 15 is 0 Å². The average molecular weight is 477 g/mol. The Morgan fingerprint density at radius 1 is 0.486 bits per heavy atom. The van der Waals surface area contributed by atoms with Gasteiger partial charge in [-0.25, -0.2) is 9.38 Å². The van der Waals surface area contributed by atoms with Crippen LogP contribution < -0.4 is 5.56 Å². The Morgan fingerprint density at radius 3 is 1.97 bits per heavy atom. The number of benzene rings is 5. The number of para-hydroxylation sites is 5. The zero-order chi connectivity index (χ0) is 24.5. The van der Waals surface area contributed by atoms with Crippen LogP contribution in [0.3, 0.4) is 0 Å². The van der Waals surface area contributed by atoms with E-state index in [2.05, 4.69) is 75.9 Å². The van der Waals surface area contributed by atoms with Gasteiger partial charge in [-0.15, -0.1) is 0 Å². The van der Waals surface area contributed by atoms with E-state index in [0.717, 1.165) is 38.8 Å². The molecule has 5 heteroatoms. The van der Waals surface area contributed by atoms with Crippen molar-refractivity contribution in [2.75, 3.05) is 0 Å². The molecule has 0 spiro atoms. The second-order valence-corrected chi connectivity index (χ2v) is 9.28. The average Bonchev–Trinajstić information content (AvgIpc) is 3.46. The van der Waals surface area contributed by atoms with E-state index in [1.807, 2.05) is 54.6 Å². The third-order valence-electron chi connectivity index (χ3n) is 7.25. The minimum atomic E-state index is -0.0580. The van der Waals surface area contributed by atoms with Crippen molar-refractivity contribution in [2.24, 2.45) is 0 Å². The lowest BCUT2D eigenvalue weighted by molar-refractivity contribution is 1.05. The topological polar surface area (TPSA) is 44.2 Å². The van der Waals surface area contributed by atoms with Gasteiger partial charge in [-0.2, -0.15) is 0 Å². The Hall–Kier alpha value is -5.16. The van der Waals surface area contributed by atoms with Crippen LogP contribution in [0, 0.1) is 0 Å². The van der Waals surface area contributed by atoms with E-state index < -0.39 is 0 Å². The molecule has 0 bridgehead atoms. The Kier molecular flexibility index (Phi) is 4.03. The molecule has 8 aromatic rings. The number of aromatic nitrogens is 4. The molecule has 0 fully saturated rings. The van der Waals surface area contributed by atoms with E-state index in [-0.39, 0.29) is 5.56 Å². The van der Waals surface area contributed by atoms with Crippen LogP contribution >= 0.6 is 0 Å². The van der Waals surface area contributed by atoms with Crippen LogP contribution in [0.25, 0.3) is 60.9 Å². The smallest absolute Gasteiger partial charge is 0.267 e. The first-order valence-electron chi connectivity index (χ1n) is 12.3. The molecule has 174 valence electrons. The third-order valence-corrected chi connectivity index (χ3v) is 7.25. The standard InChI is InChI=1S/C32H20N4O/c37-31-24-13-4-6-14-26(24)33-32-35(29-16-8-9-17-30(29)36(31)32)22-18-19-28-25(20-22)23-12-5-7-15-27(23)34(28)21-10-2-1-3-11-21/h1-20H. The van der Waals surface area contributed by atoms with Crippen LogP contribution in [-0.4, -0.2) is 18.5 Å². The zero-order valence-corrected chi connectivity index (χ0v) is 19.7. The molecular weight excluding hydrogens is 456 g/mol. The summed E-state index contributed by atoms with van der Waals surface area (Å²) in [6.45, 7) is 0. The molecule has 0 aliphatic heterocycles. The number of imidazole rings is 1. The summed E-state index contributed by atoms with van der Waals surface area (Å²) in [4.78, 5) is 18.6. The monoisotopic (exact) mass is 476 g/mol. The third kappa shape index (κ3) is 2.74. The molecule has 3 aromatic heterocycles. The molecule has 0 unspecified atom stereocenters. The summed E-state index contributed by atoms with van der Waals surface area (Å²) in [5.74, 6) is 0.607. The van der Waals surface area contributed by atoms with Crippen LogP contribution in [0.15, 0.2) is 126 Å². The van der Waals surface area contributed by atoms with Crippen LogP contribution in [0.2, 0.25) is 0 Å². The predicted octanol–water partition coefficient (Wildman–Crippen LogP) is 6.89. The molecule has 0 amide bonds. The SMILES string of the molecule is O=c1c2ccccc2nc2n(-c3ccc4c(c3)c3ccccc3n4-c3ccccc3)c3ccccc3n12. The summed E-state index contributed by atoms with van der Waals surface area (Å²) in [5.41, 5.74) is 6.79. The summed E-state index contributed by atoms with van der Waals surface area (Å²) in [6.07, 6.45) is 0. The lowest BCUT2D eigenvalue weighted by Crippen LogP contribution is -2.15. The summed E-state index contributed by atoms with van der Waals surface area (Å²) in [7, 11) is 0. The van der Waals surface area contributed by atoms with Gasteiger partial charge in [0.1, 0.15) is 0 Å². The molecular formula is C32H20N4O. The fraction of sp³-hybridized carbons (Fsp3) is 0. The Bertz CT molecular complexity index is 2220. The fourth-order valence-electron chi connectivity index (χ4n) is 5.65. The number of hydrogen-bond donors (Lipinski definition) is 0. The summed E-state index contributed by atoms with van der Waals surface area (Å²) in [5, 5.41) is 2.94. The van der Waals surface area contributed by atoms with E-state index in [1.54, 1.807) is 4.40 Å². The van der Waals surface area contributed by atoms with Crippen LogP contribution in [0.5, 0.6) is 0 Å². The quantitative estimate of drug-likeness (QED) is 0.273. The van der Waals surface area contributed by atoms with Crippen molar-refractivity contribution >= 4 is 49.5 Å². The number of hydrogen-bond acceptors (Lipinski definition) is 2. The van der Waals surface area contributed by atoms with Gasteiger partial charge in [0.25, 0.3) is 5.56 Å². The lowest BCUT2D eigenvalue weighted by atomic mass is 10.1. The molecule has 5 nitrogen and oxygen atoms in total. The van der Waals surface area contributed by atoms with Crippen molar-refractivity contribution in [3.8, 4) is 11.4 Å². The predicted molar refractivity (Wildman–Crippen MR) is 150 cm³/mol. The van der Waals surface area contributed by atoms with Crippen molar-refractivity contribution in [3.05, 3.63) is 132 Å². The van der Waals surface area contributed by atoms with Gasteiger partial charge in [0.15, 0.2) is 0 Å². The Balaban J connectivity index is 1.51. The largest absolute Gasteiger partial charge is 0.309 e. The van der Waals surface area contributed by atoms with Crippen LogP contribution in [0.4, 0.5) is 0 Å². The maximum absolute atomic E-state index is 13.6. The molecule has 37 heavy (non-hydrogen) atoms. The highest BCUT2D eigenvalue weighted by Gasteiger charge is 2.18. The van der Waals surface area contributed by atoms with E-state index in [1.165, 1.54) is 5.39 Å². The maximum Gasteiger partial charge on any atom is 0.267 e. The summed E-state index contributed by atoms with van der Waals surface area (Å²) in [6, 6.07) is 41.0. The fourth-order valence-corrected chi connectivity index (χ4v) is 5.65. The second-order valence-electron chi connectivity index (χ2n) is 9.28. The Labute approximate surface area is 211 Å². The maximum atomic E-state index is 13.6. The number of rotatable bonds is 2. The Morgan fingerprint density at radius 2 is 1.14 bits per heavy atom. The van der Waals surface area contributed by atoms with Crippen molar-refractivity contribution in [3.63, 3.8) is 0 Å². The lowest BCUT2D eigenvalue weighted by Gasteiger charge is -2.09. The highest BCUT2D eigenvalue weighted by Crippen LogP contribution is 2.34. The normalized spacial score (nSPS) is 11.9. The van der Waals surface area contributed by atoms with Crippen molar-refractivity contribution in [1.82, 2.24) is 18.5 Å². The highest BCUT2D eigenvalue weighted by molar-refractivity contribution is 6.10. The van der Waals surface area contributed by atoms with Crippen molar-refractivity contribution in [1.29, 1.82) is 0 Å². The van der Waals surface area contributed by atoms with Gasteiger partial charge in [-0.05, 0) is 60.7 Å². The van der Waals surface area contributed by atoms with E-state index in [4.69, 9.17) is 4.98 Å². The molecule has 0 aliphatic carbocycles. The van der Waals surface area contributed by atoms with Crippen LogP contribution in [-0.2, 0) is 0 Å². The summed E-state index contributed by atoms with van der Waals surface area (Å²) >= 11 is 0. The zero-order valence-electron chi connectivity index (χ0n) is 19.7. The van der Waals surface area contributed by atoms with Gasteiger partial charge in [0.2, 0.25) is 5.78 Å². The molecule has 5 aromatic carbocycles. The van der Waals surface area contributed by atoms with Gasteiger partial charge >= 0.3 is 0 Å². The highest BCUT2D eigenvalue weighted by atomic mass is 16.1. The summed E-state index contributed by atoms with van der Waals surface area (Å²) < 4.78 is 6.13. The molecule has 0 radical (unpaired) electrons. The molecule has 0 N–H and O–H groups in total. The molecule has 0 atom stereocenters. The van der Waals surface area contributed by atoms with Crippen LogP contribution in [0.1, 0.15) is 0 Å². The molecule has 8 rings (SSSR count). The first-order chi connectivity index (χ1) is 18.3. The molecule has 0 saturated carbocycles. The molecule has 3 heterocycles. The van der Waals surface area contributed by atoms with Gasteiger partial charge in [-0.1, -0.05) is 60.7 Å². The van der Waals surface area contributed by atoms with Gasteiger partial charge in [0, 0.05) is 22.1 Å². The first-order valence-corrected chi connectivity index (χ1v) is 12.3. The van der Waals surface area contributed by atoms with Crippen molar-refractivity contribution < 1.29 is 0 Å². The second kappa shape index (κ2) is 7.42. The minimum Gasteiger partial charge on any atom is -0.309 e.